The molecule has 1 saturated heterocycles. The molecule has 0 amide bonds. The summed E-state index contributed by atoms with van der Waals surface area (Å²) in [5, 5.41) is 10.7. The van der Waals surface area contributed by atoms with Crippen LogP contribution in [0, 0.1) is 11.7 Å². The van der Waals surface area contributed by atoms with E-state index in [2.05, 4.69) is 34.7 Å². The van der Waals surface area contributed by atoms with Gasteiger partial charge in [0.05, 0.1) is 10.1 Å². The van der Waals surface area contributed by atoms with Crippen LogP contribution in [0.15, 0.2) is 22.7 Å². The van der Waals surface area contributed by atoms with Gasteiger partial charge in [-0.3, -0.25) is 0 Å². The van der Waals surface area contributed by atoms with Gasteiger partial charge in [-0.15, -0.1) is 0 Å². The highest BCUT2D eigenvalue weighted by Gasteiger charge is 2.36. The van der Waals surface area contributed by atoms with Crippen LogP contribution in [0.3, 0.4) is 0 Å². The van der Waals surface area contributed by atoms with Crippen molar-refractivity contribution in [2.45, 2.75) is 32.3 Å². The zero-order chi connectivity index (χ0) is 14.0. The third-order valence-corrected chi connectivity index (χ3v) is 4.37. The lowest BCUT2D eigenvalue weighted by Crippen LogP contribution is -2.44. The Bertz CT molecular complexity index is 442. The summed E-state index contributed by atoms with van der Waals surface area (Å²) in [5.41, 5.74) is -0.604. The lowest BCUT2D eigenvalue weighted by molar-refractivity contribution is -0.0305. The van der Waals surface area contributed by atoms with Crippen LogP contribution >= 0.6 is 15.9 Å². The van der Waals surface area contributed by atoms with Crippen molar-refractivity contribution in [3.05, 3.63) is 34.1 Å². The van der Waals surface area contributed by atoms with Crippen molar-refractivity contribution in [1.29, 1.82) is 0 Å². The SMILES string of the molecule is CC(C)CN1CCC(O)(c2cccc(Br)c2F)CC1. The monoisotopic (exact) mass is 329 g/mol. The molecule has 1 N–H and O–H groups in total. The van der Waals surface area contributed by atoms with E-state index in [-0.39, 0.29) is 5.82 Å². The summed E-state index contributed by atoms with van der Waals surface area (Å²) in [5.74, 6) is 0.288. The summed E-state index contributed by atoms with van der Waals surface area (Å²) >= 11 is 3.18. The molecule has 19 heavy (non-hydrogen) atoms. The number of hydrogen-bond donors (Lipinski definition) is 1. The van der Waals surface area contributed by atoms with E-state index in [9.17, 15) is 9.50 Å². The van der Waals surface area contributed by atoms with Crippen molar-refractivity contribution in [1.82, 2.24) is 4.90 Å². The Morgan fingerprint density at radius 2 is 2.00 bits per heavy atom. The number of benzene rings is 1. The first-order chi connectivity index (χ1) is 8.92. The number of hydrogen-bond acceptors (Lipinski definition) is 2. The number of aliphatic hydroxyl groups is 1. The molecule has 1 aromatic rings. The van der Waals surface area contributed by atoms with E-state index in [1.54, 1.807) is 18.2 Å². The van der Waals surface area contributed by atoms with Gasteiger partial charge in [0.25, 0.3) is 0 Å². The first-order valence-electron chi connectivity index (χ1n) is 6.81. The quantitative estimate of drug-likeness (QED) is 0.917. The molecule has 2 rings (SSSR count). The molecule has 4 heteroatoms. The first-order valence-corrected chi connectivity index (χ1v) is 7.61. The molecule has 0 saturated carbocycles. The van der Waals surface area contributed by atoms with E-state index in [4.69, 9.17) is 0 Å². The molecule has 0 atom stereocenters. The maximum Gasteiger partial charge on any atom is 0.143 e. The topological polar surface area (TPSA) is 23.5 Å². The van der Waals surface area contributed by atoms with Gasteiger partial charge in [-0.1, -0.05) is 26.0 Å². The van der Waals surface area contributed by atoms with Crippen LogP contribution in [0.1, 0.15) is 32.3 Å². The zero-order valence-electron chi connectivity index (χ0n) is 11.5. The number of piperidine rings is 1. The number of rotatable bonds is 3. The van der Waals surface area contributed by atoms with Crippen molar-refractivity contribution in [3.63, 3.8) is 0 Å². The van der Waals surface area contributed by atoms with Gasteiger partial charge in [0, 0.05) is 25.2 Å². The Morgan fingerprint density at radius 3 is 2.58 bits per heavy atom. The summed E-state index contributed by atoms with van der Waals surface area (Å²) in [6.07, 6.45) is 1.18. The van der Waals surface area contributed by atoms with Crippen LogP contribution in [0.2, 0.25) is 0 Å². The molecule has 0 radical (unpaired) electrons. The van der Waals surface area contributed by atoms with Crippen molar-refractivity contribution < 1.29 is 9.50 Å². The van der Waals surface area contributed by atoms with Gasteiger partial charge in [-0.25, -0.2) is 4.39 Å². The third kappa shape index (κ3) is 3.36. The molecule has 1 aromatic carbocycles. The average molecular weight is 330 g/mol. The highest BCUT2D eigenvalue weighted by Crippen LogP contribution is 2.36. The van der Waals surface area contributed by atoms with Crippen LogP contribution in [0.25, 0.3) is 0 Å². The van der Waals surface area contributed by atoms with Crippen LogP contribution in [0.5, 0.6) is 0 Å². The van der Waals surface area contributed by atoms with E-state index < -0.39 is 5.60 Å². The fourth-order valence-electron chi connectivity index (χ4n) is 2.75. The minimum absolute atomic E-state index is 0.331. The van der Waals surface area contributed by atoms with Gasteiger partial charge in [0.1, 0.15) is 5.82 Å². The predicted octanol–water partition coefficient (Wildman–Crippen LogP) is 3.53. The van der Waals surface area contributed by atoms with E-state index >= 15 is 0 Å². The Morgan fingerprint density at radius 1 is 1.37 bits per heavy atom. The smallest absolute Gasteiger partial charge is 0.143 e. The molecule has 0 aromatic heterocycles. The Balaban J connectivity index is 2.11. The van der Waals surface area contributed by atoms with Crippen LogP contribution in [-0.4, -0.2) is 29.6 Å². The molecule has 0 unspecified atom stereocenters. The minimum Gasteiger partial charge on any atom is -0.385 e. The van der Waals surface area contributed by atoms with Gasteiger partial charge in [-0.2, -0.15) is 0 Å². The van der Waals surface area contributed by atoms with Gasteiger partial charge < -0.3 is 10.0 Å². The molecule has 0 bridgehead atoms. The Labute approximate surface area is 122 Å². The molecular weight excluding hydrogens is 309 g/mol. The maximum absolute atomic E-state index is 14.1. The minimum atomic E-state index is -1.03. The Hall–Kier alpha value is -0.450. The predicted molar refractivity (Wildman–Crippen MR) is 78.5 cm³/mol. The standard InChI is InChI=1S/C15H21BrFNO/c1-11(2)10-18-8-6-15(19,7-9-18)12-4-3-5-13(16)14(12)17/h3-5,11,19H,6-10H2,1-2H3. The molecule has 2 nitrogen and oxygen atoms in total. The Kier molecular flexibility index (Phi) is 4.64. The second-order valence-corrected chi connectivity index (χ2v) is 6.68. The highest BCUT2D eigenvalue weighted by molar-refractivity contribution is 9.10. The lowest BCUT2D eigenvalue weighted by Gasteiger charge is -2.39. The van der Waals surface area contributed by atoms with Gasteiger partial charge in [-0.05, 0) is 40.8 Å². The normalized spacial score (nSPS) is 19.9. The molecule has 1 aliphatic rings. The highest BCUT2D eigenvalue weighted by atomic mass is 79.9. The summed E-state index contributed by atoms with van der Waals surface area (Å²) in [6, 6.07) is 5.13. The van der Waals surface area contributed by atoms with Gasteiger partial charge in [0.2, 0.25) is 0 Å². The fourth-order valence-corrected chi connectivity index (χ4v) is 3.12. The van der Waals surface area contributed by atoms with Gasteiger partial charge >= 0.3 is 0 Å². The largest absolute Gasteiger partial charge is 0.385 e. The summed E-state index contributed by atoms with van der Waals surface area (Å²) in [6.45, 7) is 7.06. The number of likely N-dealkylation sites (tertiary alicyclic amines) is 1. The molecule has 0 aliphatic carbocycles. The first kappa shape index (κ1) is 14.9. The van der Waals surface area contributed by atoms with E-state index in [0.717, 1.165) is 19.6 Å². The zero-order valence-corrected chi connectivity index (χ0v) is 13.1. The summed E-state index contributed by atoms with van der Waals surface area (Å²) < 4.78 is 14.5. The molecule has 1 aliphatic heterocycles. The fraction of sp³-hybridized carbons (Fsp3) is 0.600. The van der Waals surface area contributed by atoms with Crippen LogP contribution < -0.4 is 0 Å². The second kappa shape index (κ2) is 5.90. The maximum atomic E-state index is 14.1. The lowest BCUT2D eigenvalue weighted by atomic mass is 9.84. The van der Waals surface area contributed by atoms with Crippen molar-refractivity contribution in [2.24, 2.45) is 5.92 Å². The number of halogens is 2. The summed E-state index contributed by atoms with van der Waals surface area (Å²) in [7, 11) is 0. The van der Waals surface area contributed by atoms with Crippen molar-refractivity contribution >= 4 is 15.9 Å². The van der Waals surface area contributed by atoms with Crippen LogP contribution in [-0.2, 0) is 5.60 Å². The molecule has 106 valence electrons. The molecule has 1 heterocycles. The van der Waals surface area contributed by atoms with Gasteiger partial charge in [0.15, 0.2) is 0 Å². The molecule has 1 fully saturated rings. The van der Waals surface area contributed by atoms with Crippen LogP contribution in [0.4, 0.5) is 4.39 Å². The van der Waals surface area contributed by atoms with E-state index in [1.165, 1.54) is 0 Å². The number of nitrogens with zero attached hydrogens (tertiary/aromatic N) is 1. The second-order valence-electron chi connectivity index (χ2n) is 5.83. The summed E-state index contributed by atoms with van der Waals surface area (Å²) in [4.78, 5) is 2.34. The molecular formula is C15H21BrFNO. The van der Waals surface area contributed by atoms with Crippen molar-refractivity contribution in [2.75, 3.05) is 19.6 Å². The van der Waals surface area contributed by atoms with E-state index in [1.807, 2.05) is 0 Å². The van der Waals surface area contributed by atoms with Crippen molar-refractivity contribution in [3.8, 4) is 0 Å². The molecule has 0 spiro atoms. The van der Waals surface area contributed by atoms with E-state index in [0.29, 0.717) is 28.8 Å². The average Bonchev–Trinajstić information content (AvgIpc) is 2.35. The third-order valence-electron chi connectivity index (χ3n) is 3.76.